The van der Waals surface area contributed by atoms with Crippen LogP contribution < -0.4 is 14.9 Å². The second kappa shape index (κ2) is 7.13. The van der Waals surface area contributed by atoms with Crippen LogP contribution in [0.1, 0.15) is 18.1 Å². The van der Waals surface area contributed by atoms with Gasteiger partial charge in [0.25, 0.3) is 5.91 Å². The molecule has 5 nitrogen and oxygen atoms in total. The minimum atomic E-state index is -0.680. The van der Waals surface area contributed by atoms with Crippen LogP contribution in [0.15, 0.2) is 35.1 Å². The molecule has 0 saturated carbocycles. The van der Waals surface area contributed by atoms with Crippen LogP contribution in [-0.4, -0.2) is 16.6 Å². The van der Waals surface area contributed by atoms with E-state index < -0.39 is 6.10 Å². The van der Waals surface area contributed by atoms with Gasteiger partial charge in [0.2, 0.25) is 0 Å². The third kappa shape index (κ3) is 3.61. The average molecular weight is 391 g/mol. The number of thiazole rings is 1. The van der Waals surface area contributed by atoms with Gasteiger partial charge in [-0.25, -0.2) is 0 Å². The highest BCUT2D eigenvalue weighted by Crippen LogP contribution is 2.27. The first-order valence-corrected chi connectivity index (χ1v) is 9.29. The van der Waals surface area contributed by atoms with Gasteiger partial charge in [0.1, 0.15) is 5.75 Å². The Morgan fingerprint density at radius 1 is 1.23 bits per heavy atom. The first-order valence-electron chi connectivity index (χ1n) is 8.10. The summed E-state index contributed by atoms with van der Waals surface area (Å²) < 4.78 is 8.17. The van der Waals surface area contributed by atoms with E-state index in [0.29, 0.717) is 16.5 Å². The first-order chi connectivity index (χ1) is 12.3. The van der Waals surface area contributed by atoms with E-state index in [1.807, 2.05) is 32.0 Å². The van der Waals surface area contributed by atoms with E-state index in [2.05, 4.69) is 5.32 Å². The molecule has 136 valence electrons. The maximum absolute atomic E-state index is 12.4. The fraction of sp³-hybridized carbons (Fsp3) is 0.263. The lowest BCUT2D eigenvalue weighted by Crippen LogP contribution is -2.30. The number of nitrogens with one attached hydrogen (secondary N) is 1. The highest BCUT2D eigenvalue weighted by molar-refractivity contribution is 7.16. The van der Waals surface area contributed by atoms with Crippen molar-refractivity contribution >= 4 is 44.7 Å². The molecule has 3 aromatic rings. The number of rotatable bonds is 4. The largest absolute Gasteiger partial charge is 0.481 e. The molecule has 0 bridgehead atoms. The maximum Gasteiger partial charge on any atom is 0.307 e. The van der Waals surface area contributed by atoms with Crippen molar-refractivity contribution in [3.63, 3.8) is 0 Å². The Bertz CT molecular complexity index is 1030. The van der Waals surface area contributed by atoms with Crippen molar-refractivity contribution in [2.75, 3.05) is 5.32 Å². The van der Waals surface area contributed by atoms with Gasteiger partial charge >= 0.3 is 4.87 Å². The van der Waals surface area contributed by atoms with Gasteiger partial charge in [-0.3, -0.25) is 9.59 Å². The van der Waals surface area contributed by atoms with Crippen LogP contribution in [0.5, 0.6) is 5.75 Å². The lowest BCUT2D eigenvalue weighted by atomic mass is 10.1. The van der Waals surface area contributed by atoms with Crippen molar-refractivity contribution in [2.45, 2.75) is 26.9 Å². The molecule has 7 heteroatoms. The molecule has 0 radical (unpaired) electrons. The molecule has 1 amide bonds. The molecular formula is C19H19ClN2O3S. The van der Waals surface area contributed by atoms with Gasteiger partial charge in [-0.15, -0.1) is 0 Å². The third-order valence-electron chi connectivity index (χ3n) is 4.15. The number of benzene rings is 2. The van der Waals surface area contributed by atoms with E-state index in [9.17, 15) is 9.59 Å². The van der Waals surface area contributed by atoms with Gasteiger partial charge < -0.3 is 14.6 Å². The highest BCUT2D eigenvalue weighted by atomic mass is 35.5. The van der Waals surface area contributed by atoms with Crippen molar-refractivity contribution in [3.05, 3.63) is 56.1 Å². The Morgan fingerprint density at radius 2 is 1.88 bits per heavy atom. The van der Waals surface area contributed by atoms with Gasteiger partial charge in [0.15, 0.2) is 6.10 Å². The topological polar surface area (TPSA) is 60.3 Å². The summed E-state index contributed by atoms with van der Waals surface area (Å²) in [6.07, 6.45) is -0.680. The summed E-state index contributed by atoms with van der Waals surface area (Å²) in [5, 5.41) is 3.53. The van der Waals surface area contributed by atoms with Crippen LogP contribution >= 0.6 is 22.9 Å². The summed E-state index contributed by atoms with van der Waals surface area (Å²) in [5.41, 5.74) is 3.27. The molecular weight excluding hydrogens is 372 g/mol. The molecule has 1 N–H and O–H groups in total. The summed E-state index contributed by atoms with van der Waals surface area (Å²) in [4.78, 5) is 24.1. The summed E-state index contributed by atoms with van der Waals surface area (Å²) in [6, 6.07) is 9.01. The summed E-state index contributed by atoms with van der Waals surface area (Å²) >= 11 is 7.31. The number of carbonyl (C=O) groups excluding carboxylic acids is 1. The van der Waals surface area contributed by atoms with Crippen molar-refractivity contribution in [1.82, 2.24) is 4.57 Å². The SMILES string of the molecule is Cc1cc(OC(C)C(=O)Nc2ccc3c(c2)sc(=O)n3C)cc(C)c1Cl. The number of halogens is 1. The van der Waals surface area contributed by atoms with Gasteiger partial charge in [-0.2, -0.15) is 0 Å². The third-order valence-corrected chi connectivity index (χ3v) is 5.74. The van der Waals surface area contributed by atoms with E-state index in [1.165, 1.54) is 0 Å². The monoisotopic (exact) mass is 390 g/mol. The molecule has 2 aromatic carbocycles. The van der Waals surface area contributed by atoms with Crippen LogP contribution in [0.2, 0.25) is 5.02 Å². The molecule has 0 aliphatic carbocycles. The Balaban J connectivity index is 1.74. The molecule has 1 unspecified atom stereocenters. The summed E-state index contributed by atoms with van der Waals surface area (Å²) in [7, 11) is 1.73. The Kier molecular flexibility index (Phi) is 5.07. The van der Waals surface area contributed by atoms with Crippen LogP contribution in [-0.2, 0) is 11.8 Å². The zero-order chi connectivity index (χ0) is 19.0. The van der Waals surface area contributed by atoms with Gasteiger partial charge in [0.05, 0.1) is 10.2 Å². The molecule has 26 heavy (non-hydrogen) atoms. The van der Waals surface area contributed by atoms with Crippen LogP contribution in [0.4, 0.5) is 5.69 Å². The zero-order valence-electron chi connectivity index (χ0n) is 14.9. The first kappa shape index (κ1) is 18.5. The fourth-order valence-corrected chi connectivity index (χ4v) is 3.72. The number of amides is 1. The molecule has 0 spiro atoms. The van der Waals surface area contributed by atoms with E-state index in [1.54, 1.807) is 30.7 Å². The predicted molar refractivity (Wildman–Crippen MR) is 107 cm³/mol. The minimum Gasteiger partial charge on any atom is -0.481 e. The number of carbonyl (C=O) groups is 1. The fourth-order valence-electron chi connectivity index (χ4n) is 2.69. The zero-order valence-corrected chi connectivity index (χ0v) is 16.5. The Hall–Kier alpha value is -2.31. The molecule has 0 saturated heterocycles. The molecule has 0 aliphatic rings. The van der Waals surface area contributed by atoms with Crippen molar-refractivity contribution in [1.29, 1.82) is 0 Å². The smallest absolute Gasteiger partial charge is 0.307 e. The number of ether oxygens (including phenoxy) is 1. The number of nitrogens with zero attached hydrogens (tertiary/aromatic N) is 1. The van der Waals surface area contributed by atoms with Crippen molar-refractivity contribution < 1.29 is 9.53 Å². The van der Waals surface area contributed by atoms with Crippen LogP contribution in [0.25, 0.3) is 10.2 Å². The quantitative estimate of drug-likeness (QED) is 0.723. The Morgan fingerprint density at radius 3 is 2.54 bits per heavy atom. The molecule has 1 atom stereocenters. The number of aryl methyl sites for hydroxylation is 3. The lowest BCUT2D eigenvalue weighted by Gasteiger charge is -2.16. The van der Waals surface area contributed by atoms with Gasteiger partial charge in [0, 0.05) is 17.8 Å². The standard InChI is InChI=1S/C19H19ClN2O3S/c1-10-7-14(8-11(2)17(10)20)25-12(3)18(23)21-13-5-6-15-16(9-13)26-19(24)22(15)4/h5-9,12H,1-4H3,(H,21,23). The number of fused-ring (bicyclic) bond motifs is 1. The molecule has 1 heterocycles. The van der Waals surface area contributed by atoms with E-state index in [4.69, 9.17) is 16.3 Å². The van der Waals surface area contributed by atoms with Gasteiger partial charge in [-0.1, -0.05) is 22.9 Å². The normalized spacial score (nSPS) is 12.2. The van der Waals surface area contributed by atoms with E-state index in [0.717, 1.165) is 32.7 Å². The molecule has 0 fully saturated rings. The predicted octanol–water partition coefficient (Wildman–Crippen LogP) is 4.28. The Labute approximate surface area is 160 Å². The van der Waals surface area contributed by atoms with Crippen LogP contribution in [0, 0.1) is 13.8 Å². The van der Waals surface area contributed by atoms with E-state index >= 15 is 0 Å². The second-order valence-electron chi connectivity index (χ2n) is 6.23. The number of hydrogen-bond acceptors (Lipinski definition) is 4. The van der Waals surface area contributed by atoms with Gasteiger partial charge in [-0.05, 0) is 62.2 Å². The molecule has 0 aliphatic heterocycles. The second-order valence-corrected chi connectivity index (χ2v) is 7.60. The molecule has 1 aromatic heterocycles. The van der Waals surface area contributed by atoms with Crippen molar-refractivity contribution in [3.8, 4) is 5.75 Å². The highest BCUT2D eigenvalue weighted by Gasteiger charge is 2.16. The number of aromatic nitrogens is 1. The summed E-state index contributed by atoms with van der Waals surface area (Å²) in [5.74, 6) is 0.335. The lowest BCUT2D eigenvalue weighted by molar-refractivity contribution is -0.122. The number of anilines is 1. The maximum atomic E-state index is 12.4. The summed E-state index contributed by atoms with van der Waals surface area (Å²) in [6.45, 7) is 5.48. The van der Waals surface area contributed by atoms with E-state index in [-0.39, 0.29) is 10.8 Å². The van der Waals surface area contributed by atoms with Crippen molar-refractivity contribution in [2.24, 2.45) is 7.05 Å². The molecule has 3 rings (SSSR count). The number of hydrogen-bond donors (Lipinski definition) is 1. The minimum absolute atomic E-state index is 0.0337. The average Bonchev–Trinajstić information content (AvgIpc) is 2.86. The van der Waals surface area contributed by atoms with Crippen LogP contribution in [0.3, 0.4) is 0 Å².